The average molecular weight is 301 g/mol. The summed E-state index contributed by atoms with van der Waals surface area (Å²) in [5.74, 6) is 0.335. The fourth-order valence-electron chi connectivity index (χ4n) is 1.27. The molecule has 1 N–H and O–H groups in total. The molecule has 2 nitrogen and oxygen atoms in total. The van der Waals surface area contributed by atoms with Crippen molar-refractivity contribution in [3.05, 3.63) is 20.3 Å². The molecule has 1 aromatic heterocycles. The molecule has 1 heterocycles. The molecule has 16 heavy (non-hydrogen) atoms. The van der Waals surface area contributed by atoms with Crippen molar-refractivity contribution in [1.29, 1.82) is 0 Å². The molecule has 1 amide bonds. The first-order valence-electron chi connectivity index (χ1n) is 4.90. The van der Waals surface area contributed by atoms with Crippen molar-refractivity contribution in [2.24, 2.45) is 0 Å². The zero-order valence-electron chi connectivity index (χ0n) is 8.73. The van der Waals surface area contributed by atoms with Crippen molar-refractivity contribution < 1.29 is 4.79 Å². The molecule has 0 radical (unpaired) electrons. The smallest absolute Gasteiger partial charge is 0.253 e. The predicted molar refractivity (Wildman–Crippen MR) is 71.2 cm³/mol. The van der Waals surface area contributed by atoms with Gasteiger partial charge in [-0.15, -0.1) is 22.9 Å². The normalized spacial score (nSPS) is 12.5. The molecule has 0 saturated heterocycles. The molecule has 0 bridgehead atoms. The van der Waals surface area contributed by atoms with Gasteiger partial charge < -0.3 is 5.32 Å². The van der Waals surface area contributed by atoms with Crippen LogP contribution in [-0.4, -0.2) is 17.8 Å². The van der Waals surface area contributed by atoms with Gasteiger partial charge in [0.2, 0.25) is 0 Å². The molecular weight excluding hydrogens is 289 g/mol. The lowest BCUT2D eigenvalue weighted by Gasteiger charge is -2.15. The Morgan fingerprint density at radius 1 is 1.56 bits per heavy atom. The van der Waals surface area contributed by atoms with Gasteiger partial charge in [-0.3, -0.25) is 4.79 Å². The molecule has 0 fully saturated rings. The number of thiophene rings is 1. The van der Waals surface area contributed by atoms with Crippen LogP contribution in [0.5, 0.6) is 0 Å². The molecule has 0 saturated carbocycles. The summed E-state index contributed by atoms with van der Waals surface area (Å²) in [5.41, 5.74) is 0.435. The highest BCUT2D eigenvalue weighted by molar-refractivity contribution is 7.20. The molecule has 0 aliphatic heterocycles. The number of rotatable bonds is 5. The highest BCUT2D eigenvalue weighted by atomic mass is 35.5. The number of carbonyl (C=O) groups is 1. The van der Waals surface area contributed by atoms with E-state index in [4.69, 9.17) is 34.8 Å². The third-order valence-corrected chi connectivity index (χ3v) is 3.89. The first-order chi connectivity index (χ1) is 7.58. The third-order valence-electron chi connectivity index (χ3n) is 2.19. The molecule has 0 spiro atoms. The SMILES string of the molecule is CCC(CCCl)NC(=O)c1cc(Cl)sc1Cl. The van der Waals surface area contributed by atoms with Crippen molar-refractivity contribution in [2.75, 3.05) is 5.88 Å². The molecule has 0 aliphatic carbocycles. The fraction of sp³-hybridized carbons (Fsp3) is 0.500. The van der Waals surface area contributed by atoms with E-state index in [9.17, 15) is 4.79 Å². The third kappa shape index (κ3) is 3.81. The van der Waals surface area contributed by atoms with Gasteiger partial charge in [0.25, 0.3) is 5.91 Å². The van der Waals surface area contributed by atoms with Crippen molar-refractivity contribution in [3.8, 4) is 0 Å². The second kappa shape index (κ2) is 6.70. The first kappa shape index (κ1) is 14.1. The van der Waals surface area contributed by atoms with E-state index in [1.165, 1.54) is 11.3 Å². The van der Waals surface area contributed by atoms with Gasteiger partial charge in [0.1, 0.15) is 4.34 Å². The molecule has 90 valence electrons. The summed E-state index contributed by atoms with van der Waals surface area (Å²) >= 11 is 18.5. The molecule has 0 aromatic carbocycles. The Morgan fingerprint density at radius 2 is 2.25 bits per heavy atom. The van der Waals surface area contributed by atoms with Crippen molar-refractivity contribution in [2.45, 2.75) is 25.8 Å². The fourth-order valence-corrected chi connectivity index (χ4v) is 2.99. The Hall–Kier alpha value is 0.0400. The van der Waals surface area contributed by atoms with Gasteiger partial charge in [0, 0.05) is 11.9 Å². The van der Waals surface area contributed by atoms with Crippen molar-refractivity contribution in [1.82, 2.24) is 5.32 Å². The van der Waals surface area contributed by atoms with Crippen LogP contribution in [0.25, 0.3) is 0 Å². The zero-order valence-corrected chi connectivity index (χ0v) is 11.8. The second-order valence-electron chi connectivity index (χ2n) is 3.29. The van der Waals surface area contributed by atoms with Gasteiger partial charge >= 0.3 is 0 Å². The highest BCUT2D eigenvalue weighted by Crippen LogP contribution is 2.31. The number of carbonyl (C=O) groups excluding carboxylic acids is 1. The lowest BCUT2D eigenvalue weighted by molar-refractivity contribution is 0.0935. The molecule has 6 heteroatoms. The van der Waals surface area contributed by atoms with E-state index in [0.717, 1.165) is 12.8 Å². The van der Waals surface area contributed by atoms with Gasteiger partial charge in [-0.1, -0.05) is 30.1 Å². The molecule has 1 aromatic rings. The number of nitrogens with one attached hydrogen (secondary N) is 1. The van der Waals surface area contributed by atoms with Crippen LogP contribution in [0.1, 0.15) is 30.1 Å². The van der Waals surface area contributed by atoms with Crippen LogP contribution < -0.4 is 5.32 Å². The lowest BCUT2D eigenvalue weighted by Crippen LogP contribution is -2.34. The second-order valence-corrected chi connectivity index (χ2v) is 5.96. The predicted octanol–water partition coefficient (Wildman–Crippen LogP) is 4.19. The summed E-state index contributed by atoms with van der Waals surface area (Å²) in [6, 6.07) is 1.66. The van der Waals surface area contributed by atoms with Crippen LogP contribution in [0.4, 0.5) is 0 Å². The van der Waals surface area contributed by atoms with Crippen LogP contribution in [0.3, 0.4) is 0 Å². The van der Waals surface area contributed by atoms with Gasteiger partial charge in [0.15, 0.2) is 0 Å². The Morgan fingerprint density at radius 3 is 2.69 bits per heavy atom. The minimum atomic E-state index is -0.190. The van der Waals surface area contributed by atoms with E-state index in [1.807, 2.05) is 6.92 Å². The summed E-state index contributed by atoms with van der Waals surface area (Å²) in [4.78, 5) is 11.8. The summed E-state index contributed by atoms with van der Waals surface area (Å²) in [7, 11) is 0. The minimum absolute atomic E-state index is 0.0831. The summed E-state index contributed by atoms with van der Waals surface area (Å²) in [6.07, 6.45) is 1.59. The van der Waals surface area contributed by atoms with Gasteiger partial charge in [0.05, 0.1) is 9.90 Å². The number of alkyl halides is 1. The van der Waals surface area contributed by atoms with Crippen LogP contribution in [-0.2, 0) is 0 Å². The van der Waals surface area contributed by atoms with Crippen molar-refractivity contribution >= 4 is 52.0 Å². The lowest BCUT2D eigenvalue weighted by atomic mass is 10.1. The summed E-state index contributed by atoms with van der Waals surface area (Å²) < 4.78 is 0.934. The van der Waals surface area contributed by atoms with E-state index >= 15 is 0 Å². The van der Waals surface area contributed by atoms with Crippen LogP contribution >= 0.6 is 46.1 Å². The standard InChI is InChI=1S/C10H12Cl3NOS/c1-2-6(3-4-11)14-10(15)7-5-8(12)16-9(7)13/h5-6H,2-4H2,1H3,(H,14,15). The largest absolute Gasteiger partial charge is 0.349 e. The van der Waals surface area contributed by atoms with Crippen LogP contribution in [0.2, 0.25) is 8.67 Å². The number of hydrogen-bond acceptors (Lipinski definition) is 2. The average Bonchev–Trinajstić information content (AvgIpc) is 2.57. The molecule has 0 aliphatic rings. The van der Waals surface area contributed by atoms with E-state index in [1.54, 1.807) is 6.07 Å². The van der Waals surface area contributed by atoms with Crippen LogP contribution in [0, 0.1) is 0 Å². The van der Waals surface area contributed by atoms with Gasteiger partial charge in [-0.05, 0) is 18.9 Å². The van der Waals surface area contributed by atoms with E-state index in [0.29, 0.717) is 20.1 Å². The summed E-state index contributed by atoms with van der Waals surface area (Å²) in [6.45, 7) is 2.00. The topological polar surface area (TPSA) is 29.1 Å². The molecule has 1 unspecified atom stereocenters. The van der Waals surface area contributed by atoms with E-state index < -0.39 is 0 Å². The Kier molecular flexibility index (Phi) is 5.90. The molecule has 1 rings (SSSR count). The maximum absolute atomic E-state index is 11.8. The molecular formula is C10H12Cl3NOS. The zero-order chi connectivity index (χ0) is 12.1. The first-order valence-corrected chi connectivity index (χ1v) is 7.00. The van der Waals surface area contributed by atoms with Crippen molar-refractivity contribution in [3.63, 3.8) is 0 Å². The van der Waals surface area contributed by atoms with Gasteiger partial charge in [-0.25, -0.2) is 0 Å². The highest BCUT2D eigenvalue weighted by Gasteiger charge is 2.16. The maximum atomic E-state index is 11.8. The number of halogens is 3. The maximum Gasteiger partial charge on any atom is 0.253 e. The Bertz CT molecular complexity index is 367. The van der Waals surface area contributed by atoms with E-state index in [2.05, 4.69) is 5.32 Å². The number of amides is 1. The minimum Gasteiger partial charge on any atom is -0.349 e. The number of hydrogen-bond donors (Lipinski definition) is 1. The Labute approximate surface area is 114 Å². The summed E-state index contributed by atoms with van der Waals surface area (Å²) in [5, 5.41) is 2.88. The van der Waals surface area contributed by atoms with Crippen LogP contribution in [0.15, 0.2) is 6.07 Å². The monoisotopic (exact) mass is 299 g/mol. The van der Waals surface area contributed by atoms with Gasteiger partial charge in [-0.2, -0.15) is 0 Å². The quantitative estimate of drug-likeness (QED) is 0.812. The molecule has 1 atom stereocenters. The Balaban J connectivity index is 2.67. The van der Waals surface area contributed by atoms with E-state index in [-0.39, 0.29) is 11.9 Å².